The third-order valence-electron chi connectivity index (χ3n) is 5.32. The van der Waals surface area contributed by atoms with Crippen LogP contribution in [-0.4, -0.2) is 42.0 Å². The van der Waals surface area contributed by atoms with E-state index in [0.717, 1.165) is 43.4 Å². The predicted molar refractivity (Wildman–Crippen MR) is 121 cm³/mol. The third-order valence-corrected chi connectivity index (χ3v) is 5.56. The summed E-state index contributed by atoms with van der Waals surface area (Å²) < 4.78 is 0. The molecule has 0 bridgehead atoms. The largest absolute Gasteiger partial charge is 0.369 e. The van der Waals surface area contributed by atoms with E-state index >= 15 is 0 Å². The topological polar surface area (TPSA) is 48.5 Å². The number of carbonyl (C=O) groups is 1. The van der Waals surface area contributed by atoms with Crippen LogP contribution in [0.25, 0.3) is 0 Å². The highest BCUT2D eigenvalue weighted by Gasteiger charge is 2.17. The summed E-state index contributed by atoms with van der Waals surface area (Å²) in [6, 6.07) is 21.6. The monoisotopic (exact) mass is 420 g/mol. The van der Waals surface area contributed by atoms with Gasteiger partial charge in [0, 0.05) is 55.2 Å². The van der Waals surface area contributed by atoms with E-state index in [1.54, 1.807) is 6.20 Å². The number of nitrogens with one attached hydrogen (secondary N) is 1. The number of benzene rings is 2. The highest BCUT2D eigenvalue weighted by atomic mass is 35.5. The highest BCUT2D eigenvalue weighted by molar-refractivity contribution is 6.30. The van der Waals surface area contributed by atoms with Crippen LogP contribution in [0.2, 0.25) is 5.02 Å². The van der Waals surface area contributed by atoms with Gasteiger partial charge in [0.15, 0.2) is 0 Å². The minimum atomic E-state index is -0.0812. The van der Waals surface area contributed by atoms with Crippen molar-refractivity contribution < 1.29 is 4.79 Å². The molecule has 2 aromatic carbocycles. The minimum Gasteiger partial charge on any atom is -0.369 e. The molecule has 1 amide bonds. The average molecular weight is 421 g/mol. The predicted octanol–water partition coefficient (Wildman–Crippen LogP) is 3.99. The number of nitrogens with zero attached hydrogens (tertiary/aromatic N) is 3. The molecule has 0 radical (unpaired) electrons. The van der Waals surface area contributed by atoms with Crippen molar-refractivity contribution in [2.75, 3.05) is 31.1 Å². The molecule has 0 aliphatic carbocycles. The first kappa shape index (κ1) is 20.4. The highest BCUT2D eigenvalue weighted by Crippen LogP contribution is 2.21. The van der Waals surface area contributed by atoms with E-state index in [0.29, 0.717) is 12.1 Å². The van der Waals surface area contributed by atoms with E-state index in [2.05, 4.69) is 26.2 Å². The quantitative estimate of drug-likeness (QED) is 0.655. The lowest BCUT2D eigenvalue weighted by Crippen LogP contribution is -2.45. The van der Waals surface area contributed by atoms with E-state index in [1.807, 2.05) is 60.7 Å². The van der Waals surface area contributed by atoms with E-state index in [-0.39, 0.29) is 5.91 Å². The fourth-order valence-electron chi connectivity index (χ4n) is 3.63. The third kappa shape index (κ3) is 5.38. The molecule has 2 heterocycles. The van der Waals surface area contributed by atoms with Crippen LogP contribution in [0.15, 0.2) is 72.9 Å². The molecule has 0 atom stereocenters. The van der Waals surface area contributed by atoms with Crippen LogP contribution in [0.1, 0.15) is 21.6 Å². The Labute approximate surface area is 182 Å². The van der Waals surface area contributed by atoms with Gasteiger partial charge in [-0.15, -0.1) is 0 Å². The number of anilines is 1. The number of aromatic nitrogens is 1. The molecule has 6 heteroatoms. The summed E-state index contributed by atoms with van der Waals surface area (Å²) in [6.07, 6.45) is 1.73. The van der Waals surface area contributed by atoms with E-state index in [1.165, 1.54) is 11.3 Å². The Balaban J connectivity index is 1.26. The van der Waals surface area contributed by atoms with Crippen LogP contribution in [0.5, 0.6) is 0 Å². The zero-order valence-corrected chi connectivity index (χ0v) is 17.6. The number of hydrogen-bond donors (Lipinski definition) is 1. The zero-order chi connectivity index (χ0) is 20.8. The van der Waals surface area contributed by atoms with Crippen molar-refractivity contribution in [1.29, 1.82) is 0 Å². The Morgan fingerprint density at radius 2 is 1.77 bits per heavy atom. The smallest absolute Gasteiger partial charge is 0.251 e. The molecule has 0 unspecified atom stereocenters. The molecular weight excluding hydrogens is 396 g/mol. The maximum Gasteiger partial charge on any atom is 0.251 e. The van der Waals surface area contributed by atoms with Crippen molar-refractivity contribution in [3.63, 3.8) is 0 Å². The standard InChI is InChI=1S/C24H25ClN4O/c25-21-4-3-6-23(16-21)29-14-12-28(13-15-29)18-19-7-9-20(10-8-19)24(30)27-17-22-5-1-2-11-26-22/h1-11,16H,12-15,17-18H2,(H,27,30). The van der Waals surface area contributed by atoms with Crippen LogP contribution in [-0.2, 0) is 13.1 Å². The average Bonchev–Trinajstić information content (AvgIpc) is 2.79. The Hall–Kier alpha value is -2.89. The van der Waals surface area contributed by atoms with Gasteiger partial charge in [0.1, 0.15) is 0 Å². The maximum absolute atomic E-state index is 12.3. The number of piperazine rings is 1. The fourth-order valence-corrected chi connectivity index (χ4v) is 3.82. The van der Waals surface area contributed by atoms with Crippen molar-refractivity contribution in [1.82, 2.24) is 15.2 Å². The summed E-state index contributed by atoms with van der Waals surface area (Å²) in [5, 5.41) is 3.69. The first-order valence-electron chi connectivity index (χ1n) is 10.2. The van der Waals surface area contributed by atoms with Gasteiger partial charge < -0.3 is 10.2 Å². The van der Waals surface area contributed by atoms with Gasteiger partial charge in [0.05, 0.1) is 12.2 Å². The molecule has 4 rings (SSSR count). The lowest BCUT2D eigenvalue weighted by atomic mass is 10.1. The summed E-state index contributed by atoms with van der Waals surface area (Å²) in [5.74, 6) is -0.0812. The first-order chi connectivity index (χ1) is 14.7. The van der Waals surface area contributed by atoms with Gasteiger partial charge in [-0.25, -0.2) is 0 Å². The molecule has 1 aliphatic rings. The van der Waals surface area contributed by atoms with Crippen molar-refractivity contribution in [2.24, 2.45) is 0 Å². The number of pyridine rings is 1. The fraction of sp³-hybridized carbons (Fsp3) is 0.250. The van der Waals surface area contributed by atoms with Gasteiger partial charge in [-0.1, -0.05) is 35.9 Å². The molecule has 1 aliphatic heterocycles. The lowest BCUT2D eigenvalue weighted by Gasteiger charge is -2.36. The van der Waals surface area contributed by atoms with Gasteiger partial charge in [-0.2, -0.15) is 0 Å². The molecule has 1 N–H and O–H groups in total. The van der Waals surface area contributed by atoms with Crippen molar-refractivity contribution >= 4 is 23.2 Å². The molecule has 0 spiro atoms. The van der Waals surface area contributed by atoms with Gasteiger partial charge in [0.25, 0.3) is 5.91 Å². The molecule has 1 fully saturated rings. The summed E-state index contributed by atoms with van der Waals surface area (Å²) in [6.45, 7) is 5.28. The van der Waals surface area contributed by atoms with E-state index in [4.69, 9.17) is 11.6 Å². The van der Waals surface area contributed by atoms with Crippen LogP contribution in [0.4, 0.5) is 5.69 Å². The van der Waals surface area contributed by atoms with Crippen LogP contribution >= 0.6 is 11.6 Å². The van der Waals surface area contributed by atoms with Crippen molar-refractivity contribution in [3.05, 3.63) is 94.8 Å². The number of amides is 1. The van der Waals surface area contributed by atoms with Crippen molar-refractivity contribution in [3.8, 4) is 0 Å². The molecule has 0 saturated carbocycles. The second-order valence-corrected chi connectivity index (χ2v) is 7.88. The van der Waals surface area contributed by atoms with Gasteiger partial charge >= 0.3 is 0 Å². The van der Waals surface area contributed by atoms with Crippen LogP contribution in [0, 0.1) is 0 Å². The second kappa shape index (κ2) is 9.74. The number of halogens is 1. The number of carbonyl (C=O) groups excluding carboxylic acids is 1. The number of rotatable bonds is 6. The Kier molecular flexibility index (Phi) is 6.62. The Bertz CT molecular complexity index is 970. The Morgan fingerprint density at radius 3 is 2.47 bits per heavy atom. The van der Waals surface area contributed by atoms with E-state index in [9.17, 15) is 4.79 Å². The Morgan fingerprint density at radius 1 is 0.967 bits per heavy atom. The van der Waals surface area contributed by atoms with Gasteiger partial charge in [-0.3, -0.25) is 14.7 Å². The SMILES string of the molecule is O=C(NCc1ccccn1)c1ccc(CN2CCN(c3cccc(Cl)c3)CC2)cc1. The van der Waals surface area contributed by atoms with Crippen LogP contribution < -0.4 is 10.2 Å². The summed E-state index contributed by atoms with van der Waals surface area (Å²) in [7, 11) is 0. The molecule has 1 aromatic heterocycles. The normalized spacial score (nSPS) is 14.5. The van der Waals surface area contributed by atoms with Crippen molar-refractivity contribution in [2.45, 2.75) is 13.1 Å². The minimum absolute atomic E-state index is 0.0812. The second-order valence-electron chi connectivity index (χ2n) is 7.44. The first-order valence-corrected chi connectivity index (χ1v) is 10.5. The molecule has 5 nitrogen and oxygen atoms in total. The van der Waals surface area contributed by atoms with Gasteiger partial charge in [-0.05, 0) is 48.0 Å². The molecule has 1 saturated heterocycles. The lowest BCUT2D eigenvalue weighted by molar-refractivity contribution is 0.0950. The molecule has 30 heavy (non-hydrogen) atoms. The molecular formula is C24H25ClN4O. The van der Waals surface area contributed by atoms with Gasteiger partial charge in [0.2, 0.25) is 0 Å². The zero-order valence-electron chi connectivity index (χ0n) is 16.8. The van der Waals surface area contributed by atoms with E-state index < -0.39 is 0 Å². The number of hydrogen-bond acceptors (Lipinski definition) is 4. The van der Waals surface area contributed by atoms with Crippen LogP contribution in [0.3, 0.4) is 0 Å². The summed E-state index contributed by atoms with van der Waals surface area (Å²) in [5.41, 5.74) is 3.91. The summed E-state index contributed by atoms with van der Waals surface area (Å²) >= 11 is 6.12. The maximum atomic E-state index is 12.3. The molecule has 3 aromatic rings. The molecule has 154 valence electrons. The summed E-state index contributed by atoms with van der Waals surface area (Å²) in [4.78, 5) is 21.4.